The first-order chi connectivity index (χ1) is 14.1. The molecule has 2 aromatic carbocycles. The van der Waals surface area contributed by atoms with Crippen LogP contribution < -0.4 is 9.64 Å². The monoisotopic (exact) mass is 442 g/mol. The van der Waals surface area contributed by atoms with Gasteiger partial charge < -0.3 is 14.5 Å². The van der Waals surface area contributed by atoms with Crippen molar-refractivity contribution in [3.63, 3.8) is 0 Å². The number of methoxy groups -OCH3 is 1. The second kappa shape index (κ2) is 8.55. The molecule has 6 nitrogen and oxygen atoms in total. The molecule has 0 radical (unpaired) electrons. The van der Waals surface area contributed by atoms with Gasteiger partial charge in [-0.3, -0.25) is 4.79 Å². The lowest BCUT2D eigenvalue weighted by Crippen LogP contribution is -2.35. The number of hydrogen-bond acceptors (Lipinski definition) is 5. The van der Waals surface area contributed by atoms with Crippen LogP contribution >= 0.6 is 0 Å². The van der Waals surface area contributed by atoms with Gasteiger partial charge in [0.05, 0.1) is 12.0 Å². The topological polar surface area (TPSA) is 66.9 Å². The number of halogens is 3. The number of carbonyl (C=O) groups excluding carboxylic acids is 1. The van der Waals surface area contributed by atoms with Crippen LogP contribution in [0.25, 0.3) is 0 Å². The van der Waals surface area contributed by atoms with Crippen LogP contribution in [0.4, 0.5) is 18.9 Å². The Hall–Kier alpha value is -2.75. The summed E-state index contributed by atoms with van der Waals surface area (Å²) in [5.74, 6) is 0.406. The summed E-state index contributed by atoms with van der Waals surface area (Å²) in [6.07, 6.45) is 0.721. The van der Waals surface area contributed by atoms with Crippen molar-refractivity contribution in [3.05, 3.63) is 54.1 Å². The second-order valence-corrected chi connectivity index (χ2v) is 8.75. The number of carbonyl (C=O) groups is 1. The third-order valence-electron chi connectivity index (χ3n) is 4.94. The van der Waals surface area contributed by atoms with Gasteiger partial charge in [-0.1, -0.05) is 0 Å². The maximum absolute atomic E-state index is 12.8. The number of anilines is 1. The minimum Gasteiger partial charge on any atom is -0.497 e. The lowest BCUT2D eigenvalue weighted by atomic mass is 10.2. The SMILES string of the molecule is COc1ccc(N2CCCN(C(=O)c3ccc(S(=O)(=O)C(F)(F)F)cc3)CC2)cc1. The Labute approximate surface area is 172 Å². The van der Waals surface area contributed by atoms with Crippen LogP contribution in [-0.2, 0) is 9.84 Å². The summed E-state index contributed by atoms with van der Waals surface area (Å²) in [5.41, 5.74) is -4.23. The largest absolute Gasteiger partial charge is 0.501 e. The number of rotatable bonds is 4. The Kier molecular flexibility index (Phi) is 6.25. The van der Waals surface area contributed by atoms with Gasteiger partial charge in [0.2, 0.25) is 0 Å². The third kappa shape index (κ3) is 4.53. The van der Waals surface area contributed by atoms with Crippen molar-refractivity contribution < 1.29 is 31.1 Å². The molecule has 0 aromatic heterocycles. The van der Waals surface area contributed by atoms with Crippen LogP contribution in [0, 0.1) is 0 Å². The maximum Gasteiger partial charge on any atom is 0.501 e. The number of sulfone groups is 1. The molecule has 30 heavy (non-hydrogen) atoms. The molecule has 162 valence electrons. The number of nitrogens with zero attached hydrogens (tertiary/aromatic N) is 2. The molecular weight excluding hydrogens is 421 g/mol. The Morgan fingerprint density at radius 1 is 0.933 bits per heavy atom. The molecule has 1 heterocycles. The molecule has 0 bridgehead atoms. The van der Waals surface area contributed by atoms with Gasteiger partial charge in [-0.05, 0) is 55.0 Å². The fraction of sp³-hybridized carbons (Fsp3) is 0.350. The van der Waals surface area contributed by atoms with E-state index in [0.717, 1.165) is 48.7 Å². The molecule has 2 aromatic rings. The minimum atomic E-state index is -5.43. The van der Waals surface area contributed by atoms with Crippen LogP contribution in [0.5, 0.6) is 5.75 Å². The zero-order valence-corrected chi connectivity index (χ0v) is 17.0. The second-order valence-electron chi connectivity index (χ2n) is 6.80. The quantitative estimate of drug-likeness (QED) is 0.727. The fourth-order valence-electron chi connectivity index (χ4n) is 3.26. The lowest BCUT2D eigenvalue weighted by molar-refractivity contribution is -0.0436. The minimum absolute atomic E-state index is 0.147. The standard InChI is InChI=1S/C20H21F3N2O4S/c1-29-17-7-5-16(6-8-17)24-11-2-12-25(14-13-24)19(26)15-3-9-18(10-4-15)30(27,28)20(21,22)23/h3-10H,2,11-14H2,1H3. The van der Waals surface area contributed by atoms with E-state index >= 15 is 0 Å². The van der Waals surface area contributed by atoms with E-state index in [0.29, 0.717) is 19.6 Å². The van der Waals surface area contributed by atoms with E-state index in [-0.39, 0.29) is 11.5 Å². The summed E-state index contributed by atoms with van der Waals surface area (Å²) in [4.78, 5) is 15.6. The van der Waals surface area contributed by atoms with Gasteiger partial charge in [0, 0.05) is 37.4 Å². The molecule has 0 saturated carbocycles. The predicted molar refractivity (Wildman–Crippen MR) is 105 cm³/mol. The Balaban J connectivity index is 1.68. The Morgan fingerprint density at radius 2 is 1.57 bits per heavy atom. The fourth-order valence-corrected chi connectivity index (χ4v) is 4.03. The van der Waals surface area contributed by atoms with Gasteiger partial charge in [-0.15, -0.1) is 0 Å². The molecular formula is C20H21F3N2O4S. The molecule has 0 N–H and O–H groups in total. The molecule has 10 heteroatoms. The highest BCUT2D eigenvalue weighted by Gasteiger charge is 2.46. The highest BCUT2D eigenvalue weighted by atomic mass is 32.2. The average Bonchev–Trinajstić information content (AvgIpc) is 2.99. The van der Waals surface area contributed by atoms with Gasteiger partial charge in [0.1, 0.15) is 5.75 Å². The van der Waals surface area contributed by atoms with E-state index in [1.54, 1.807) is 12.0 Å². The van der Waals surface area contributed by atoms with E-state index in [1.165, 1.54) is 0 Å². The number of alkyl halides is 3. The molecule has 0 atom stereocenters. The van der Waals surface area contributed by atoms with E-state index in [1.807, 2.05) is 24.3 Å². The van der Waals surface area contributed by atoms with E-state index < -0.39 is 20.2 Å². The highest BCUT2D eigenvalue weighted by Crippen LogP contribution is 2.30. The predicted octanol–water partition coefficient (Wildman–Crippen LogP) is 3.34. The van der Waals surface area contributed by atoms with Gasteiger partial charge in [0.25, 0.3) is 15.7 Å². The summed E-state index contributed by atoms with van der Waals surface area (Å²) < 4.78 is 66.0. The molecule has 1 aliphatic rings. The van der Waals surface area contributed by atoms with Crippen molar-refractivity contribution >= 4 is 21.4 Å². The molecule has 3 rings (SSSR count). The van der Waals surface area contributed by atoms with Crippen molar-refractivity contribution in [3.8, 4) is 5.75 Å². The first-order valence-electron chi connectivity index (χ1n) is 9.23. The average molecular weight is 442 g/mol. The summed E-state index contributed by atoms with van der Waals surface area (Å²) in [5, 5.41) is 0. The van der Waals surface area contributed by atoms with Crippen molar-refractivity contribution in [1.82, 2.24) is 4.90 Å². The summed E-state index contributed by atoms with van der Waals surface area (Å²) in [7, 11) is -3.84. The Bertz CT molecular complexity index is 990. The number of amides is 1. The smallest absolute Gasteiger partial charge is 0.497 e. The highest BCUT2D eigenvalue weighted by molar-refractivity contribution is 7.92. The van der Waals surface area contributed by atoms with Crippen LogP contribution in [0.15, 0.2) is 53.4 Å². The summed E-state index contributed by atoms with van der Waals surface area (Å²) >= 11 is 0. The normalized spacial score (nSPS) is 15.6. The first kappa shape index (κ1) is 21.9. The molecule has 1 amide bonds. The van der Waals surface area contributed by atoms with E-state index in [9.17, 15) is 26.4 Å². The first-order valence-corrected chi connectivity index (χ1v) is 10.7. The van der Waals surface area contributed by atoms with Gasteiger partial charge in [0.15, 0.2) is 0 Å². The molecule has 0 aliphatic carbocycles. The Morgan fingerprint density at radius 3 is 2.13 bits per heavy atom. The van der Waals surface area contributed by atoms with Crippen molar-refractivity contribution in [2.45, 2.75) is 16.8 Å². The molecule has 0 unspecified atom stereocenters. The van der Waals surface area contributed by atoms with Gasteiger partial charge >= 0.3 is 5.51 Å². The van der Waals surface area contributed by atoms with Crippen LogP contribution in [0.1, 0.15) is 16.8 Å². The van der Waals surface area contributed by atoms with Gasteiger partial charge in [-0.2, -0.15) is 13.2 Å². The van der Waals surface area contributed by atoms with Crippen molar-refractivity contribution in [1.29, 1.82) is 0 Å². The van der Waals surface area contributed by atoms with E-state index in [4.69, 9.17) is 4.74 Å². The van der Waals surface area contributed by atoms with E-state index in [2.05, 4.69) is 4.90 Å². The van der Waals surface area contributed by atoms with Crippen molar-refractivity contribution in [2.75, 3.05) is 38.2 Å². The summed E-state index contributed by atoms with van der Waals surface area (Å²) in [6.45, 7) is 2.28. The molecule has 1 aliphatic heterocycles. The van der Waals surface area contributed by atoms with Crippen LogP contribution in [-0.4, -0.2) is 58.0 Å². The molecule has 1 fully saturated rings. The molecule has 1 saturated heterocycles. The van der Waals surface area contributed by atoms with Crippen LogP contribution in [0.3, 0.4) is 0 Å². The molecule has 0 spiro atoms. The third-order valence-corrected chi connectivity index (χ3v) is 6.44. The van der Waals surface area contributed by atoms with Crippen LogP contribution in [0.2, 0.25) is 0 Å². The van der Waals surface area contributed by atoms with Crippen molar-refractivity contribution in [2.24, 2.45) is 0 Å². The zero-order chi connectivity index (χ0) is 21.9. The summed E-state index contributed by atoms with van der Waals surface area (Å²) in [6, 6.07) is 11.5. The number of hydrogen-bond donors (Lipinski definition) is 0. The number of ether oxygens (including phenoxy) is 1. The van der Waals surface area contributed by atoms with Gasteiger partial charge in [-0.25, -0.2) is 8.42 Å². The number of benzene rings is 2. The zero-order valence-electron chi connectivity index (χ0n) is 16.2. The maximum atomic E-state index is 12.8. The lowest BCUT2D eigenvalue weighted by Gasteiger charge is -2.24.